The van der Waals surface area contributed by atoms with Crippen LogP contribution in [0, 0.1) is 0 Å². The molecule has 0 aliphatic carbocycles. The van der Waals surface area contributed by atoms with E-state index in [2.05, 4.69) is 10.6 Å². The lowest BCUT2D eigenvalue weighted by molar-refractivity contribution is 0.102. The number of hydrogen-bond acceptors (Lipinski definition) is 4. The second kappa shape index (κ2) is 7.06. The van der Waals surface area contributed by atoms with Crippen molar-refractivity contribution in [2.75, 3.05) is 16.4 Å². The second-order valence-electron chi connectivity index (χ2n) is 5.28. The predicted molar refractivity (Wildman–Crippen MR) is 100 cm³/mol. The van der Waals surface area contributed by atoms with Gasteiger partial charge in [0.2, 0.25) is 0 Å². The van der Waals surface area contributed by atoms with Gasteiger partial charge in [-0.3, -0.25) is 10.1 Å². The van der Waals surface area contributed by atoms with Gasteiger partial charge in [0, 0.05) is 11.3 Å². The summed E-state index contributed by atoms with van der Waals surface area (Å²) in [6, 6.07) is 13.6. The minimum Gasteiger partial charge on any atom is -0.465 e. The van der Waals surface area contributed by atoms with Gasteiger partial charge in [0.1, 0.15) is 0 Å². The molecule has 3 rings (SSSR count). The average molecular weight is 353 g/mol. The monoisotopic (exact) mass is 353 g/mol. The van der Waals surface area contributed by atoms with Crippen molar-refractivity contribution in [1.82, 2.24) is 0 Å². The molecule has 0 spiro atoms. The first kappa shape index (κ1) is 16.5. The van der Waals surface area contributed by atoms with E-state index in [1.807, 2.05) is 16.8 Å². The molecule has 1 heterocycles. The zero-order chi connectivity index (χ0) is 17.8. The smallest absolute Gasteiger partial charge is 0.409 e. The van der Waals surface area contributed by atoms with Crippen molar-refractivity contribution in [1.29, 1.82) is 0 Å². The summed E-state index contributed by atoms with van der Waals surface area (Å²) < 4.78 is 0. The summed E-state index contributed by atoms with van der Waals surface area (Å²) in [5.41, 5.74) is 9.17. The van der Waals surface area contributed by atoms with Crippen molar-refractivity contribution in [2.45, 2.75) is 0 Å². The summed E-state index contributed by atoms with van der Waals surface area (Å²) in [5.74, 6) is -0.351. The topological polar surface area (TPSA) is 104 Å². The molecular formula is C18H15N3O3S. The van der Waals surface area contributed by atoms with Gasteiger partial charge in [-0.25, -0.2) is 4.79 Å². The average Bonchev–Trinajstić information content (AvgIpc) is 3.11. The minimum absolute atomic E-state index is 0.301. The zero-order valence-corrected chi connectivity index (χ0v) is 13.8. The molecule has 0 aliphatic rings. The zero-order valence-electron chi connectivity index (χ0n) is 13.0. The number of nitrogens with two attached hydrogens (primary N) is 1. The van der Waals surface area contributed by atoms with Gasteiger partial charge in [0.15, 0.2) is 0 Å². The maximum atomic E-state index is 12.4. The van der Waals surface area contributed by atoms with Crippen molar-refractivity contribution in [3.05, 3.63) is 64.9 Å². The number of hydrogen-bond donors (Lipinski definition) is 4. The van der Waals surface area contributed by atoms with Gasteiger partial charge in [0.25, 0.3) is 5.91 Å². The van der Waals surface area contributed by atoms with E-state index in [4.69, 9.17) is 10.8 Å². The molecule has 0 unspecified atom stereocenters. The standard InChI is InChI=1S/C18H15N3O3S/c19-14-4-1-11(2-5-14)17(22)20-16-9-12(13-7-8-25-10-13)3-6-15(16)21-18(23)24/h1-10,21H,19H2,(H,20,22)(H,23,24). The summed E-state index contributed by atoms with van der Waals surface area (Å²) in [7, 11) is 0. The van der Waals surface area contributed by atoms with Crippen LogP contribution in [0.5, 0.6) is 0 Å². The van der Waals surface area contributed by atoms with Crippen LogP contribution < -0.4 is 16.4 Å². The highest BCUT2D eigenvalue weighted by atomic mass is 32.1. The summed E-state index contributed by atoms with van der Waals surface area (Å²) in [6.45, 7) is 0. The van der Waals surface area contributed by atoms with Crippen LogP contribution in [-0.2, 0) is 0 Å². The number of carbonyl (C=O) groups is 2. The van der Waals surface area contributed by atoms with Crippen molar-refractivity contribution < 1.29 is 14.7 Å². The van der Waals surface area contributed by atoms with Gasteiger partial charge in [-0.2, -0.15) is 11.3 Å². The molecule has 6 nitrogen and oxygen atoms in total. The molecule has 0 fully saturated rings. The molecule has 0 saturated carbocycles. The summed E-state index contributed by atoms with van der Waals surface area (Å²) in [4.78, 5) is 23.4. The van der Waals surface area contributed by atoms with Gasteiger partial charge in [-0.1, -0.05) is 6.07 Å². The molecular weight excluding hydrogens is 338 g/mol. The quantitative estimate of drug-likeness (QED) is 0.524. The summed E-state index contributed by atoms with van der Waals surface area (Å²) in [5, 5.41) is 18.0. The number of anilines is 3. The molecule has 2 amide bonds. The molecule has 126 valence electrons. The molecule has 3 aromatic rings. The Bertz CT molecular complexity index is 906. The highest BCUT2D eigenvalue weighted by Crippen LogP contribution is 2.30. The van der Waals surface area contributed by atoms with Gasteiger partial charge in [0.05, 0.1) is 11.4 Å². The van der Waals surface area contributed by atoms with E-state index in [0.717, 1.165) is 11.1 Å². The maximum Gasteiger partial charge on any atom is 0.409 e. The van der Waals surface area contributed by atoms with Crippen molar-refractivity contribution >= 4 is 40.4 Å². The van der Waals surface area contributed by atoms with E-state index in [1.165, 1.54) is 0 Å². The van der Waals surface area contributed by atoms with Crippen LogP contribution in [0.4, 0.5) is 21.9 Å². The van der Waals surface area contributed by atoms with Crippen LogP contribution in [0.25, 0.3) is 11.1 Å². The first-order valence-electron chi connectivity index (χ1n) is 7.36. The van der Waals surface area contributed by atoms with Crippen LogP contribution in [-0.4, -0.2) is 17.1 Å². The lowest BCUT2D eigenvalue weighted by atomic mass is 10.1. The van der Waals surface area contributed by atoms with E-state index >= 15 is 0 Å². The molecule has 25 heavy (non-hydrogen) atoms. The Kier molecular flexibility index (Phi) is 4.67. The van der Waals surface area contributed by atoms with Gasteiger partial charge < -0.3 is 16.2 Å². The molecule has 2 aromatic carbocycles. The highest BCUT2D eigenvalue weighted by Gasteiger charge is 2.12. The first-order valence-corrected chi connectivity index (χ1v) is 8.30. The fourth-order valence-corrected chi connectivity index (χ4v) is 2.97. The number of benzene rings is 2. The van der Waals surface area contributed by atoms with Crippen LogP contribution in [0.1, 0.15) is 10.4 Å². The molecule has 0 aliphatic heterocycles. The van der Waals surface area contributed by atoms with Crippen LogP contribution in [0.15, 0.2) is 59.3 Å². The Hall–Kier alpha value is -3.32. The Morgan fingerprint density at radius 3 is 2.32 bits per heavy atom. The van der Waals surface area contributed by atoms with Gasteiger partial charge in [-0.05, 0) is 64.4 Å². The van der Waals surface area contributed by atoms with Crippen LogP contribution in [0.2, 0.25) is 0 Å². The number of nitrogen functional groups attached to an aromatic ring is 1. The van der Waals surface area contributed by atoms with Crippen LogP contribution in [0.3, 0.4) is 0 Å². The van der Waals surface area contributed by atoms with Crippen molar-refractivity contribution in [3.63, 3.8) is 0 Å². The van der Waals surface area contributed by atoms with E-state index in [-0.39, 0.29) is 5.91 Å². The van der Waals surface area contributed by atoms with Crippen molar-refractivity contribution in [2.24, 2.45) is 0 Å². The molecule has 0 saturated heterocycles. The SMILES string of the molecule is Nc1ccc(C(=O)Nc2cc(-c3ccsc3)ccc2NC(=O)O)cc1. The lowest BCUT2D eigenvalue weighted by Gasteiger charge is -2.13. The lowest BCUT2D eigenvalue weighted by Crippen LogP contribution is -2.15. The Balaban J connectivity index is 1.93. The Labute approximate surface area is 147 Å². The van der Waals surface area contributed by atoms with Crippen LogP contribution >= 0.6 is 11.3 Å². The minimum atomic E-state index is -1.20. The predicted octanol–water partition coefficient (Wildman–Crippen LogP) is 4.34. The second-order valence-corrected chi connectivity index (χ2v) is 6.06. The van der Waals surface area contributed by atoms with Gasteiger partial charge in [-0.15, -0.1) is 0 Å². The first-order chi connectivity index (χ1) is 12.0. The third-order valence-corrected chi connectivity index (χ3v) is 4.22. The van der Waals surface area contributed by atoms with E-state index in [1.54, 1.807) is 53.8 Å². The number of amides is 2. The number of thiophene rings is 1. The molecule has 0 bridgehead atoms. The molecule has 5 N–H and O–H groups in total. The molecule has 0 atom stereocenters. The fraction of sp³-hybridized carbons (Fsp3) is 0. The summed E-state index contributed by atoms with van der Waals surface area (Å²) in [6.07, 6.45) is -1.20. The van der Waals surface area contributed by atoms with Crippen molar-refractivity contribution in [3.8, 4) is 11.1 Å². The van der Waals surface area contributed by atoms with E-state index in [0.29, 0.717) is 22.6 Å². The maximum absolute atomic E-state index is 12.4. The highest BCUT2D eigenvalue weighted by molar-refractivity contribution is 7.08. The fourth-order valence-electron chi connectivity index (χ4n) is 2.31. The molecule has 7 heteroatoms. The number of rotatable bonds is 4. The number of carbonyl (C=O) groups excluding carboxylic acids is 1. The molecule has 0 radical (unpaired) electrons. The third kappa shape index (κ3) is 3.96. The van der Waals surface area contributed by atoms with Gasteiger partial charge >= 0.3 is 6.09 Å². The summed E-state index contributed by atoms with van der Waals surface area (Å²) >= 11 is 1.56. The Morgan fingerprint density at radius 2 is 1.68 bits per heavy atom. The third-order valence-electron chi connectivity index (χ3n) is 3.54. The molecule has 1 aromatic heterocycles. The largest absolute Gasteiger partial charge is 0.465 e. The normalized spacial score (nSPS) is 10.2. The number of carboxylic acid groups (broad SMARTS) is 1. The van der Waals surface area contributed by atoms with E-state index < -0.39 is 6.09 Å². The van der Waals surface area contributed by atoms with E-state index in [9.17, 15) is 9.59 Å². The number of nitrogens with one attached hydrogen (secondary N) is 2. The Morgan fingerprint density at radius 1 is 0.920 bits per heavy atom.